The van der Waals surface area contributed by atoms with Crippen LogP contribution in [0.25, 0.3) is 0 Å². The molecule has 1 aromatic heterocycles. The van der Waals surface area contributed by atoms with E-state index in [1.807, 2.05) is 12.1 Å². The minimum absolute atomic E-state index is 0. The highest BCUT2D eigenvalue weighted by Gasteiger charge is 2.05. The first kappa shape index (κ1) is 18.0. The number of halogens is 1. The minimum atomic E-state index is 0. The summed E-state index contributed by atoms with van der Waals surface area (Å²) in [7, 11) is 0. The number of nitrogens with two attached hydrogens (primary N) is 1. The summed E-state index contributed by atoms with van der Waals surface area (Å²) in [6, 6.07) is 10.4. The molecule has 0 aliphatic carbocycles. The molecule has 1 aromatic carbocycles. The normalized spacial score (nSPS) is 12.6. The van der Waals surface area contributed by atoms with E-state index in [9.17, 15) is 0 Å². The van der Waals surface area contributed by atoms with E-state index in [-0.39, 0.29) is 24.0 Å². The zero-order chi connectivity index (χ0) is 14.4. The number of hydrogen-bond acceptors (Lipinski definition) is 2. The van der Waals surface area contributed by atoms with Gasteiger partial charge in [0.25, 0.3) is 0 Å². The van der Waals surface area contributed by atoms with Gasteiger partial charge in [-0.3, -0.25) is 4.99 Å². The predicted octanol–water partition coefficient (Wildman–Crippen LogP) is 4.46. The zero-order valence-corrected chi connectivity index (χ0v) is 15.5. The van der Waals surface area contributed by atoms with Crippen LogP contribution in [-0.4, -0.2) is 12.5 Å². The van der Waals surface area contributed by atoms with Crippen molar-refractivity contribution in [2.75, 3.05) is 11.9 Å². The summed E-state index contributed by atoms with van der Waals surface area (Å²) < 4.78 is 0. The average molecular weight is 415 g/mol. The molecule has 0 amide bonds. The van der Waals surface area contributed by atoms with Crippen LogP contribution in [0.3, 0.4) is 0 Å². The molecular formula is C16H22IN3S. The van der Waals surface area contributed by atoms with Crippen molar-refractivity contribution in [1.29, 1.82) is 0 Å². The standard InChI is InChI=1S/C16H21N3S.HI/c1-3-13-5-4-6-15(9-13)19-16(17)18-10-12(2)14-7-8-20-11-14;/h4-9,11-12H,3,10H2,1-2H3,(H3,17,18,19);1H. The number of anilines is 1. The highest BCUT2D eigenvalue weighted by Crippen LogP contribution is 2.18. The minimum Gasteiger partial charge on any atom is -0.370 e. The van der Waals surface area contributed by atoms with E-state index in [1.54, 1.807) is 11.3 Å². The molecule has 0 spiro atoms. The second-order valence-corrected chi connectivity index (χ2v) is 5.64. The summed E-state index contributed by atoms with van der Waals surface area (Å²) in [4.78, 5) is 4.42. The summed E-state index contributed by atoms with van der Waals surface area (Å²) in [6.45, 7) is 5.00. The molecule has 3 N–H and O–H groups in total. The average Bonchev–Trinajstić information content (AvgIpc) is 2.99. The number of nitrogens with zero attached hydrogens (tertiary/aromatic N) is 1. The third-order valence-corrected chi connectivity index (χ3v) is 3.96. The molecule has 0 fully saturated rings. The first-order valence-corrected chi connectivity index (χ1v) is 7.81. The van der Waals surface area contributed by atoms with Gasteiger partial charge in [-0.2, -0.15) is 11.3 Å². The van der Waals surface area contributed by atoms with Gasteiger partial charge in [0.05, 0.1) is 0 Å². The molecule has 2 aromatic rings. The Morgan fingerprint density at radius 3 is 2.86 bits per heavy atom. The summed E-state index contributed by atoms with van der Waals surface area (Å²) in [5, 5.41) is 7.40. The lowest BCUT2D eigenvalue weighted by atomic mass is 10.1. The third-order valence-electron chi connectivity index (χ3n) is 3.26. The maximum absolute atomic E-state index is 5.94. The van der Waals surface area contributed by atoms with Gasteiger partial charge in [0.1, 0.15) is 0 Å². The van der Waals surface area contributed by atoms with Crippen LogP contribution in [0, 0.1) is 0 Å². The van der Waals surface area contributed by atoms with Crippen LogP contribution in [-0.2, 0) is 6.42 Å². The Kier molecular flexibility index (Phi) is 7.74. The third kappa shape index (κ3) is 5.67. The number of thiophene rings is 1. The fraction of sp³-hybridized carbons (Fsp3) is 0.312. The van der Waals surface area contributed by atoms with Crippen molar-refractivity contribution >= 4 is 47.0 Å². The van der Waals surface area contributed by atoms with Crippen molar-refractivity contribution in [2.45, 2.75) is 26.2 Å². The van der Waals surface area contributed by atoms with Crippen molar-refractivity contribution in [3.8, 4) is 0 Å². The van der Waals surface area contributed by atoms with Crippen LogP contribution in [0.5, 0.6) is 0 Å². The van der Waals surface area contributed by atoms with E-state index in [1.165, 1.54) is 11.1 Å². The van der Waals surface area contributed by atoms with Gasteiger partial charge in [-0.25, -0.2) is 0 Å². The molecule has 2 rings (SSSR count). The topological polar surface area (TPSA) is 50.4 Å². The van der Waals surface area contributed by atoms with Gasteiger partial charge in [0, 0.05) is 18.2 Å². The SMILES string of the molecule is CCc1cccc(NC(N)=NCC(C)c2ccsc2)c1.I. The molecule has 0 aliphatic rings. The number of guanidine groups is 1. The fourth-order valence-electron chi connectivity index (χ4n) is 1.95. The molecule has 1 unspecified atom stereocenters. The van der Waals surface area contributed by atoms with Gasteiger partial charge in [0.2, 0.25) is 0 Å². The maximum Gasteiger partial charge on any atom is 0.193 e. The van der Waals surface area contributed by atoms with E-state index < -0.39 is 0 Å². The lowest BCUT2D eigenvalue weighted by molar-refractivity contribution is 0.778. The van der Waals surface area contributed by atoms with Crippen molar-refractivity contribution in [3.05, 3.63) is 52.2 Å². The Balaban J connectivity index is 0.00000220. The summed E-state index contributed by atoms with van der Waals surface area (Å²) in [5.41, 5.74) is 9.54. The Morgan fingerprint density at radius 1 is 1.38 bits per heavy atom. The molecular weight excluding hydrogens is 393 g/mol. The van der Waals surface area contributed by atoms with Crippen molar-refractivity contribution < 1.29 is 0 Å². The van der Waals surface area contributed by atoms with Crippen LogP contribution < -0.4 is 11.1 Å². The molecule has 5 heteroatoms. The van der Waals surface area contributed by atoms with E-state index >= 15 is 0 Å². The maximum atomic E-state index is 5.94. The number of benzene rings is 1. The molecule has 0 saturated heterocycles. The number of aliphatic imine (C=N–C) groups is 1. The zero-order valence-electron chi connectivity index (χ0n) is 12.4. The molecule has 114 valence electrons. The lowest BCUT2D eigenvalue weighted by Gasteiger charge is -2.09. The summed E-state index contributed by atoms with van der Waals surface area (Å²) >= 11 is 1.71. The van der Waals surface area contributed by atoms with Crippen molar-refractivity contribution in [3.63, 3.8) is 0 Å². The predicted molar refractivity (Wildman–Crippen MR) is 104 cm³/mol. The Hall–Kier alpha value is -1.08. The van der Waals surface area contributed by atoms with Crippen molar-refractivity contribution in [1.82, 2.24) is 0 Å². The van der Waals surface area contributed by atoms with Crippen molar-refractivity contribution in [2.24, 2.45) is 10.7 Å². The molecule has 0 radical (unpaired) electrons. The molecule has 0 bridgehead atoms. The van der Waals surface area contributed by atoms with E-state index in [4.69, 9.17) is 5.73 Å². The Bertz CT molecular complexity index is 567. The number of aryl methyl sites for hydroxylation is 1. The van der Waals surface area contributed by atoms with Gasteiger partial charge >= 0.3 is 0 Å². The van der Waals surface area contributed by atoms with Crippen LogP contribution in [0.1, 0.15) is 30.9 Å². The Labute approximate surface area is 147 Å². The van der Waals surface area contributed by atoms with E-state index in [0.29, 0.717) is 18.4 Å². The van der Waals surface area contributed by atoms with Gasteiger partial charge in [-0.15, -0.1) is 24.0 Å². The highest BCUT2D eigenvalue weighted by atomic mass is 127. The lowest BCUT2D eigenvalue weighted by Crippen LogP contribution is -2.23. The van der Waals surface area contributed by atoms with Gasteiger partial charge in [-0.1, -0.05) is 26.0 Å². The second kappa shape index (κ2) is 9.04. The van der Waals surface area contributed by atoms with E-state index in [2.05, 4.69) is 53.1 Å². The van der Waals surface area contributed by atoms with Crippen LogP contribution in [0.15, 0.2) is 46.1 Å². The van der Waals surface area contributed by atoms with Gasteiger partial charge in [-0.05, 0) is 46.5 Å². The van der Waals surface area contributed by atoms with Crippen LogP contribution in [0.2, 0.25) is 0 Å². The smallest absolute Gasteiger partial charge is 0.193 e. The number of rotatable bonds is 5. The van der Waals surface area contributed by atoms with Gasteiger partial charge in [0.15, 0.2) is 5.96 Å². The highest BCUT2D eigenvalue weighted by molar-refractivity contribution is 14.0. The van der Waals surface area contributed by atoms with Crippen LogP contribution >= 0.6 is 35.3 Å². The fourth-order valence-corrected chi connectivity index (χ4v) is 2.73. The molecule has 0 aliphatic heterocycles. The number of hydrogen-bond donors (Lipinski definition) is 2. The summed E-state index contributed by atoms with van der Waals surface area (Å²) in [6.07, 6.45) is 1.02. The second-order valence-electron chi connectivity index (χ2n) is 4.86. The van der Waals surface area contributed by atoms with Crippen LogP contribution in [0.4, 0.5) is 5.69 Å². The largest absolute Gasteiger partial charge is 0.370 e. The molecule has 1 heterocycles. The monoisotopic (exact) mass is 415 g/mol. The Morgan fingerprint density at radius 2 is 2.19 bits per heavy atom. The molecule has 3 nitrogen and oxygen atoms in total. The summed E-state index contributed by atoms with van der Waals surface area (Å²) in [5.74, 6) is 0.865. The molecule has 21 heavy (non-hydrogen) atoms. The van der Waals surface area contributed by atoms with Gasteiger partial charge < -0.3 is 11.1 Å². The quantitative estimate of drug-likeness (QED) is 0.431. The molecule has 1 atom stereocenters. The first-order chi connectivity index (χ1) is 9.69. The molecule has 0 saturated carbocycles. The number of nitrogens with one attached hydrogen (secondary N) is 1. The van der Waals surface area contributed by atoms with E-state index in [0.717, 1.165) is 12.1 Å². The first-order valence-electron chi connectivity index (χ1n) is 6.87.